The highest BCUT2D eigenvalue weighted by Gasteiger charge is 2.09. The average Bonchev–Trinajstić information content (AvgIpc) is 2.25. The summed E-state index contributed by atoms with van der Waals surface area (Å²) in [6.07, 6.45) is 1.87. The molecule has 0 aliphatic rings. The van der Waals surface area contributed by atoms with Gasteiger partial charge in [0.1, 0.15) is 0 Å². The molecule has 88 valence electrons. The van der Waals surface area contributed by atoms with E-state index in [0.29, 0.717) is 6.54 Å². The van der Waals surface area contributed by atoms with Crippen molar-refractivity contribution in [3.63, 3.8) is 0 Å². The van der Waals surface area contributed by atoms with Crippen molar-refractivity contribution in [2.24, 2.45) is 5.73 Å². The fourth-order valence-electron chi connectivity index (χ4n) is 1.72. The second kappa shape index (κ2) is 5.66. The molecule has 1 aromatic heterocycles. The summed E-state index contributed by atoms with van der Waals surface area (Å²) in [5, 5.41) is 0. The van der Waals surface area contributed by atoms with Gasteiger partial charge in [-0.1, -0.05) is 12.2 Å². The SMILES string of the molecule is C=C(C)CN(CC)c1cc(C)ncc1CN. The Bertz CT molecular complexity index is 371. The number of nitrogens with zero attached hydrogens (tertiary/aromatic N) is 2. The van der Waals surface area contributed by atoms with Gasteiger partial charge in [-0.15, -0.1) is 0 Å². The van der Waals surface area contributed by atoms with Crippen LogP contribution in [0.5, 0.6) is 0 Å². The smallest absolute Gasteiger partial charge is 0.0448 e. The molecule has 0 aliphatic carbocycles. The van der Waals surface area contributed by atoms with E-state index in [1.807, 2.05) is 20.0 Å². The normalized spacial score (nSPS) is 10.2. The number of hydrogen-bond donors (Lipinski definition) is 1. The second-order valence-corrected chi connectivity index (χ2v) is 4.13. The zero-order chi connectivity index (χ0) is 12.1. The molecular weight excluding hydrogens is 198 g/mol. The van der Waals surface area contributed by atoms with Crippen LogP contribution in [0.25, 0.3) is 0 Å². The fraction of sp³-hybridized carbons (Fsp3) is 0.462. The first-order chi connectivity index (χ1) is 7.58. The summed E-state index contributed by atoms with van der Waals surface area (Å²) in [6.45, 7) is 12.5. The number of anilines is 1. The number of rotatable bonds is 5. The summed E-state index contributed by atoms with van der Waals surface area (Å²) in [5.41, 5.74) is 10.2. The molecule has 0 fully saturated rings. The maximum atomic E-state index is 5.73. The molecule has 1 rings (SSSR count). The van der Waals surface area contributed by atoms with Crippen LogP contribution in [0.1, 0.15) is 25.1 Å². The van der Waals surface area contributed by atoms with Gasteiger partial charge in [0.2, 0.25) is 0 Å². The van der Waals surface area contributed by atoms with Crippen LogP contribution in [-0.2, 0) is 6.54 Å². The summed E-state index contributed by atoms with van der Waals surface area (Å²) in [7, 11) is 0. The van der Waals surface area contributed by atoms with E-state index in [4.69, 9.17) is 5.73 Å². The topological polar surface area (TPSA) is 42.2 Å². The quantitative estimate of drug-likeness (QED) is 0.772. The van der Waals surface area contributed by atoms with Gasteiger partial charge in [-0.05, 0) is 26.8 Å². The van der Waals surface area contributed by atoms with Gasteiger partial charge in [-0.25, -0.2) is 0 Å². The highest BCUT2D eigenvalue weighted by molar-refractivity contribution is 5.54. The molecule has 0 bridgehead atoms. The van der Waals surface area contributed by atoms with Gasteiger partial charge >= 0.3 is 0 Å². The second-order valence-electron chi connectivity index (χ2n) is 4.13. The molecule has 0 saturated carbocycles. The molecule has 0 aliphatic heterocycles. The Labute approximate surface area is 98.0 Å². The van der Waals surface area contributed by atoms with E-state index in [1.54, 1.807) is 0 Å². The molecule has 0 amide bonds. The van der Waals surface area contributed by atoms with Crippen LogP contribution in [0.2, 0.25) is 0 Å². The fourth-order valence-corrected chi connectivity index (χ4v) is 1.72. The molecule has 0 aromatic carbocycles. The van der Waals surface area contributed by atoms with Crippen molar-refractivity contribution in [3.05, 3.63) is 35.7 Å². The van der Waals surface area contributed by atoms with Gasteiger partial charge in [-0.2, -0.15) is 0 Å². The van der Waals surface area contributed by atoms with Crippen molar-refractivity contribution in [2.45, 2.75) is 27.3 Å². The maximum absolute atomic E-state index is 5.73. The number of nitrogens with two attached hydrogens (primary N) is 1. The largest absolute Gasteiger partial charge is 0.367 e. The Morgan fingerprint density at radius 3 is 2.75 bits per heavy atom. The zero-order valence-electron chi connectivity index (χ0n) is 10.5. The van der Waals surface area contributed by atoms with Crippen LogP contribution < -0.4 is 10.6 Å². The van der Waals surface area contributed by atoms with E-state index in [9.17, 15) is 0 Å². The molecule has 1 heterocycles. The number of aromatic nitrogens is 1. The third-order valence-electron chi connectivity index (χ3n) is 2.50. The molecular formula is C13H21N3. The lowest BCUT2D eigenvalue weighted by molar-refractivity contribution is 0.860. The van der Waals surface area contributed by atoms with Gasteiger partial charge in [0.25, 0.3) is 0 Å². The molecule has 16 heavy (non-hydrogen) atoms. The van der Waals surface area contributed by atoms with Gasteiger partial charge < -0.3 is 10.6 Å². The molecule has 3 heteroatoms. The number of hydrogen-bond acceptors (Lipinski definition) is 3. The highest BCUT2D eigenvalue weighted by Crippen LogP contribution is 2.21. The zero-order valence-corrected chi connectivity index (χ0v) is 10.5. The maximum Gasteiger partial charge on any atom is 0.0448 e. The monoisotopic (exact) mass is 219 g/mol. The molecule has 0 spiro atoms. The van der Waals surface area contributed by atoms with Crippen molar-refractivity contribution in [1.82, 2.24) is 4.98 Å². The Kier molecular flexibility index (Phi) is 4.50. The van der Waals surface area contributed by atoms with Gasteiger partial charge in [0.05, 0.1) is 0 Å². The first-order valence-electron chi connectivity index (χ1n) is 5.63. The standard InChI is InChI=1S/C13H21N3/c1-5-16(9-10(2)3)13-6-11(4)15-8-12(13)7-14/h6,8H,2,5,7,9,14H2,1,3-4H3. The number of pyridine rings is 1. The molecule has 0 radical (unpaired) electrons. The Balaban J connectivity index is 3.06. The van der Waals surface area contributed by atoms with Crippen molar-refractivity contribution in [3.8, 4) is 0 Å². The van der Waals surface area contributed by atoms with E-state index in [1.165, 1.54) is 5.69 Å². The van der Waals surface area contributed by atoms with E-state index >= 15 is 0 Å². The van der Waals surface area contributed by atoms with Crippen LogP contribution in [0.3, 0.4) is 0 Å². The molecule has 3 nitrogen and oxygen atoms in total. The Morgan fingerprint density at radius 2 is 2.25 bits per heavy atom. The van der Waals surface area contributed by atoms with Gasteiger partial charge in [0, 0.05) is 42.8 Å². The van der Waals surface area contributed by atoms with Crippen molar-refractivity contribution < 1.29 is 0 Å². The summed E-state index contributed by atoms with van der Waals surface area (Å²) in [4.78, 5) is 6.55. The molecule has 2 N–H and O–H groups in total. The molecule has 0 unspecified atom stereocenters. The van der Waals surface area contributed by atoms with Crippen LogP contribution in [0.15, 0.2) is 24.4 Å². The third-order valence-corrected chi connectivity index (χ3v) is 2.50. The minimum absolute atomic E-state index is 0.523. The highest BCUT2D eigenvalue weighted by atomic mass is 15.1. The third kappa shape index (κ3) is 3.07. The Morgan fingerprint density at radius 1 is 1.56 bits per heavy atom. The predicted octanol–water partition coefficient (Wildman–Crippen LogP) is 2.25. The van der Waals surface area contributed by atoms with Crippen LogP contribution in [0.4, 0.5) is 5.69 Å². The summed E-state index contributed by atoms with van der Waals surface area (Å²) in [5.74, 6) is 0. The number of likely N-dealkylation sites (N-methyl/N-ethyl adjacent to an activating group) is 1. The van der Waals surface area contributed by atoms with Crippen LogP contribution >= 0.6 is 0 Å². The van der Waals surface area contributed by atoms with Gasteiger partial charge in [-0.3, -0.25) is 4.98 Å². The average molecular weight is 219 g/mol. The summed E-state index contributed by atoms with van der Waals surface area (Å²) >= 11 is 0. The minimum Gasteiger partial charge on any atom is -0.367 e. The minimum atomic E-state index is 0.523. The first kappa shape index (κ1) is 12.7. The molecule has 0 saturated heterocycles. The predicted molar refractivity (Wildman–Crippen MR) is 69.6 cm³/mol. The Hall–Kier alpha value is -1.35. The van der Waals surface area contributed by atoms with Crippen molar-refractivity contribution in [2.75, 3.05) is 18.0 Å². The molecule has 1 aromatic rings. The van der Waals surface area contributed by atoms with E-state index < -0.39 is 0 Å². The van der Waals surface area contributed by atoms with Gasteiger partial charge in [0.15, 0.2) is 0 Å². The first-order valence-corrected chi connectivity index (χ1v) is 5.63. The van der Waals surface area contributed by atoms with Crippen LogP contribution in [-0.4, -0.2) is 18.1 Å². The summed E-state index contributed by atoms with van der Waals surface area (Å²) < 4.78 is 0. The lowest BCUT2D eigenvalue weighted by atomic mass is 10.1. The summed E-state index contributed by atoms with van der Waals surface area (Å²) in [6, 6.07) is 2.09. The molecule has 0 atom stereocenters. The van der Waals surface area contributed by atoms with E-state index in [2.05, 4.69) is 29.5 Å². The van der Waals surface area contributed by atoms with E-state index in [0.717, 1.165) is 29.9 Å². The van der Waals surface area contributed by atoms with Crippen molar-refractivity contribution in [1.29, 1.82) is 0 Å². The lowest BCUT2D eigenvalue weighted by Crippen LogP contribution is -2.26. The lowest BCUT2D eigenvalue weighted by Gasteiger charge is -2.25. The van der Waals surface area contributed by atoms with Crippen LogP contribution in [0, 0.1) is 6.92 Å². The van der Waals surface area contributed by atoms with E-state index in [-0.39, 0.29) is 0 Å². The number of aryl methyl sites for hydroxylation is 1. The van der Waals surface area contributed by atoms with Crippen molar-refractivity contribution >= 4 is 5.69 Å².